The van der Waals surface area contributed by atoms with Gasteiger partial charge in [0.15, 0.2) is 0 Å². The van der Waals surface area contributed by atoms with Crippen molar-refractivity contribution in [2.75, 3.05) is 18.1 Å². The van der Waals surface area contributed by atoms with Gasteiger partial charge in [-0.25, -0.2) is 0 Å². The molecule has 2 aromatic rings. The molecule has 1 aliphatic rings. The molecule has 2 heteroatoms. The van der Waals surface area contributed by atoms with Crippen LogP contribution in [0.3, 0.4) is 0 Å². The fourth-order valence-corrected chi connectivity index (χ4v) is 2.94. The third-order valence-electron chi connectivity index (χ3n) is 4.00. The Kier molecular flexibility index (Phi) is 4.26. The Labute approximate surface area is 127 Å². The maximum absolute atomic E-state index is 5.70. The summed E-state index contributed by atoms with van der Waals surface area (Å²) in [5.41, 5.74) is 4.35. The second-order valence-corrected chi connectivity index (χ2v) is 5.50. The molecule has 1 aliphatic heterocycles. The van der Waals surface area contributed by atoms with Crippen LogP contribution in [0.15, 0.2) is 48.5 Å². The van der Waals surface area contributed by atoms with Gasteiger partial charge in [-0.2, -0.15) is 0 Å². The number of rotatable bonds is 3. The molecule has 21 heavy (non-hydrogen) atoms. The second kappa shape index (κ2) is 6.31. The molecule has 2 aromatic carbocycles. The Hall–Kier alpha value is -1.80. The van der Waals surface area contributed by atoms with E-state index in [0.717, 1.165) is 48.6 Å². The highest BCUT2D eigenvalue weighted by molar-refractivity contribution is 5.71. The van der Waals surface area contributed by atoms with Crippen LogP contribution in [0.5, 0.6) is 0 Å². The number of hydrogen-bond donors (Lipinski definition) is 0. The van der Waals surface area contributed by atoms with Crippen LogP contribution >= 0.6 is 0 Å². The minimum Gasteiger partial charge on any atom is -0.379 e. The van der Waals surface area contributed by atoms with E-state index in [9.17, 15) is 0 Å². The molecular formula is C19H21NO. The normalized spacial score (nSPS) is 18.5. The van der Waals surface area contributed by atoms with Gasteiger partial charge in [0.2, 0.25) is 0 Å². The molecule has 0 spiro atoms. The van der Waals surface area contributed by atoms with E-state index >= 15 is 0 Å². The van der Waals surface area contributed by atoms with Gasteiger partial charge in [0.05, 0.1) is 12.6 Å². The van der Waals surface area contributed by atoms with Gasteiger partial charge in [-0.15, -0.1) is 0 Å². The van der Waals surface area contributed by atoms with E-state index in [2.05, 4.69) is 55.1 Å². The van der Waals surface area contributed by atoms with Crippen molar-refractivity contribution < 1.29 is 4.74 Å². The van der Waals surface area contributed by atoms with E-state index in [1.165, 1.54) is 0 Å². The highest BCUT2D eigenvalue weighted by Crippen LogP contribution is 2.34. The molecule has 1 fully saturated rings. The quantitative estimate of drug-likeness (QED) is 0.827. The highest BCUT2D eigenvalue weighted by atomic mass is 16.5. The molecule has 2 nitrogen and oxygen atoms in total. The van der Waals surface area contributed by atoms with Crippen molar-refractivity contribution in [1.82, 2.24) is 0 Å². The van der Waals surface area contributed by atoms with E-state index in [0.29, 0.717) is 6.04 Å². The molecule has 1 heterocycles. The van der Waals surface area contributed by atoms with Crippen molar-refractivity contribution in [3.8, 4) is 0 Å². The molecule has 0 N–H and O–H groups in total. The standard InChI is InChI=1S/C19H21NO/c1-15-8-3-5-11-18(15)20(17-10-7-13-21-14-17)19-12-6-4-9-16(19)2/h3-6,8-9,11-12,17H,1-2,7,10,13-14H2. The summed E-state index contributed by atoms with van der Waals surface area (Å²) >= 11 is 0. The summed E-state index contributed by atoms with van der Waals surface area (Å²) in [6, 6.07) is 16.9. The predicted molar refractivity (Wildman–Crippen MR) is 87.8 cm³/mol. The second-order valence-electron chi connectivity index (χ2n) is 5.50. The predicted octanol–water partition coefficient (Wildman–Crippen LogP) is 4.37. The van der Waals surface area contributed by atoms with E-state index in [-0.39, 0.29) is 0 Å². The molecule has 0 amide bonds. The summed E-state index contributed by atoms with van der Waals surface area (Å²) in [5.74, 6) is 0. The van der Waals surface area contributed by atoms with Crippen molar-refractivity contribution in [3.63, 3.8) is 0 Å². The Morgan fingerprint density at radius 1 is 0.905 bits per heavy atom. The molecule has 0 saturated carbocycles. The lowest BCUT2D eigenvalue weighted by Gasteiger charge is -2.37. The molecule has 0 bridgehead atoms. The van der Waals surface area contributed by atoms with Crippen molar-refractivity contribution >= 4 is 11.4 Å². The maximum atomic E-state index is 5.70. The van der Waals surface area contributed by atoms with Crippen molar-refractivity contribution in [2.24, 2.45) is 0 Å². The van der Waals surface area contributed by atoms with Crippen LogP contribution < -0.4 is 4.90 Å². The molecule has 0 aliphatic carbocycles. The van der Waals surface area contributed by atoms with Crippen LogP contribution in [0.2, 0.25) is 0 Å². The van der Waals surface area contributed by atoms with Crippen LogP contribution in [0.4, 0.5) is 11.4 Å². The summed E-state index contributed by atoms with van der Waals surface area (Å²) in [6.45, 7) is 9.99. The summed E-state index contributed by atoms with van der Waals surface area (Å²) < 4.78 is 5.70. The van der Waals surface area contributed by atoms with Gasteiger partial charge in [-0.3, -0.25) is 0 Å². The summed E-state index contributed by atoms with van der Waals surface area (Å²) in [7, 11) is 0. The largest absolute Gasteiger partial charge is 0.379 e. The fraction of sp³-hybridized carbons (Fsp3) is 0.263. The number of ether oxygens (including phenoxy) is 1. The first-order valence-corrected chi connectivity index (χ1v) is 7.46. The lowest BCUT2D eigenvalue weighted by atomic mass is 10.0. The van der Waals surface area contributed by atoms with Gasteiger partial charge in [-0.05, 0) is 49.9 Å². The smallest absolute Gasteiger partial charge is 0.0674 e. The Bertz CT molecular complexity index is 557. The Morgan fingerprint density at radius 2 is 1.48 bits per heavy atom. The van der Waals surface area contributed by atoms with Crippen LogP contribution in [0.25, 0.3) is 0 Å². The van der Waals surface area contributed by atoms with Gasteiger partial charge in [0.1, 0.15) is 0 Å². The van der Waals surface area contributed by atoms with Gasteiger partial charge < -0.3 is 9.64 Å². The number of nitrogens with zero attached hydrogens (tertiary/aromatic N) is 1. The van der Waals surface area contributed by atoms with E-state index in [1.54, 1.807) is 0 Å². The highest BCUT2D eigenvalue weighted by Gasteiger charge is 2.25. The van der Waals surface area contributed by atoms with Gasteiger partial charge in [0, 0.05) is 18.0 Å². The van der Waals surface area contributed by atoms with Gasteiger partial charge in [0.25, 0.3) is 0 Å². The van der Waals surface area contributed by atoms with Crippen LogP contribution in [-0.2, 0) is 4.74 Å². The van der Waals surface area contributed by atoms with Crippen molar-refractivity contribution in [3.05, 3.63) is 73.5 Å². The average Bonchev–Trinajstić information content (AvgIpc) is 2.52. The van der Waals surface area contributed by atoms with Gasteiger partial charge >= 0.3 is 0 Å². The Morgan fingerprint density at radius 3 is 1.95 bits per heavy atom. The molecule has 0 aromatic heterocycles. The lowest BCUT2D eigenvalue weighted by Crippen LogP contribution is -2.38. The molecule has 108 valence electrons. The average molecular weight is 279 g/mol. The number of hydrogen-bond acceptors (Lipinski definition) is 2. The van der Waals surface area contributed by atoms with Crippen LogP contribution in [0.1, 0.15) is 24.0 Å². The Balaban J connectivity index is 2.07. The first kappa shape index (κ1) is 14.2. The summed E-state index contributed by atoms with van der Waals surface area (Å²) in [6.07, 6.45) is 2.22. The molecule has 3 rings (SSSR count). The zero-order valence-corrected chi connectivity index (χ0v) is 12.3. The minimum absolute atomic E-state index is 0.338. The third kappa shape index (κ3) is 2.96. The van der Waals surface area contributed by atoms with Gasteiger partial charge in [-0.1, -0.05) is 36.4 Å². The summed E-state index contributed by atoms with van der Waals surface area (Å²) in [5, 5.41) is 0. The topological polar surface area (TPSA) is 12.5 Å². The minimum atomic E-state index is 0.338. The monoisotopic (exact) mass is 279 g/mol. The van der Waals surface area contributed by atoms with E-state index < -0.39 is 0 Å². The number of benzene rings is 2. The summed E-state index contributed by atoms with van der Waals surface area (Å²) in [4.78, 5) is 2.35. The SMILES string of the molecule is [CH2]c1ccccc1N(c1ccccc1[CH2])C1CCCOC1. The van der Waals surface area contributed by atoms with Crippen molar-refractivity contribution in [2.45, 2.75) is 18.9 Å². The molecule has 1 atom stereocenters. The van der Waals surface area contributed by atoms with Crippen molar-refractivity contribution in [1.29, 1.82) is 0 Å². The molecule has 1 saturated heterocycles. The number of para-hydroxylation sites is 2. The van der Waals surface area contributed by atoms with Crippen LogP contribution in [0, 0.1) is 13.8 Å². The third-order valence-corrected chi connectivity index (χ3v) is 4.00. The fourth-order valence-electron chi connectivity index (χ4n) is 2.94. The molecule has 2 radical (unpaired) electrons. The van der Waals surface area contributed by atoms with E-state index in [1.807, 2.05) is 12.1 Å². The first-order valence-electron chi connectivity index (χ1n) is 7.46. The molecular weight excluding hydrogens is 258 g/mol. The van der Waals surface area contributed by atoms with Crippen LogP contribution in [-0.4, -0.2) is 19.3 Å². The van der Waals surface area contributed by atoms with E-state index in [4.69, 9.17) is 4.74 Å². The maximum Gasteiger partial charge on any atom is 0.0674 e. The zero-order valence-electron chi connectivity index (χ0n) is 12.3. The first-order chi connectivity index (χ1) is 10.3. The lowest BCUT2D eigenvalue weighted by molar-refractivity contribution is 0.0821. The molecule has 1 unspecified atom stereocenters. The zero-order chi connectivity index (χ0) is 14.7. The number of anilines is 2.